The summed E-state index contributed by atoms with van der Waals surface area (Å²) >= 11 is 0. The number of carbonyl (C=O) groups excluding carboxylic acids is 8. The number of carbonyl (C=O) groups is 8. The normalized spacial score (nSPS) is 13.1. The van der Waals surface area contributed by atoms with Crippen LogP contribution in [0.15, 0.2) is 30.3 Å². The topological polar surface area (TPSA) is 222 Å². The average molecular weight is 669 g/mol. The lowest BCUT2D eigenvalue weighted by Crippen LogP contribution is -2.59. The number of alkyl carbamates (subject to hydrolysis) is 1. The molecule has 0 heterocycles. The molecule has 4 atom stereocenters. The molecule has 1 aromatic carbocycles. The molecule has 0 aliphatic heterocycles. The molecule has 0 aliphatic rings. The molecule has 0 saturated carbocycles. The van der Waals surface area contributed by atoms with Crippen molar-refractivity contribution in [3.63, 3.8) is 0 Å². The lowest BCUT2D eigenvalue weighted by Gasteiger charge is -2.27. The summed E-state index contributed by atoms with van der Waals surface area (Å²) in [5, 5.41) is 9.26. The molecule has 260 valence electrons. The van der Waals surface area contributed by atoms with Gasteiger partial charge >= 0.3 is 24.0 Å². The first-order valence-electron chi connectivity index (χ1n) is 14.4. The minimum absolute atomic E-state index is 0.153. The third kappa shape index (κ3) is 14.7. The minimum Gasteiger partial charge on any atom is -0.469 e. The fourth-order valence-corrected chi connectivity index (χ4v) is 3.91. The van der Waals surface area contributed by atoms with Gasteiger partial charge in [0.1, 0.15) is 37.4 Å². The van der Waals surface area contributed by atoms with E-state index in [9.17, 15) is 42.7 Å². The molecular weight excluding hydrogens is 627 g/mol. The monoisotopic (exact) mass is 668 g/mol. The van der Waals surface area contributed by atoms with Crippen molar-refractivity contribution in [3.8, 4) is 0 Å². The van der Waals surface area contributed by atoms with Gasteiger partial charge in [-0.15, -0.1) is 0 Å². The van der Waals surface area contributed by atoms with E-state index in [0.717, 1.165) is 21.3 Å². The number of ether oxygens (including phenoxy) is 4. The predicted octanol–water partition coefficient (Wildman–Crippen LogP) is 0.00980. The van der Waals surface area contributed by atoms with E-state index in [1.54, 1.807) is 30.3 Å². The van der Waals surface area contributed by atoms with Crippen LogP contribution in [0.4, 0.5) is 9.18 Å². The molecule has 0 bridgehead atoms. The Kier molecular flexibility index (Phi) is 17.7. The highest BCUT2D eigenvalue weighted by molar-refractivity contribution is 5.97. The van der Waals surface area contributed by atoms with Gasteiger partial charge in [0.15, 0.2) is 5.78 Å². The van der Waals surface area contributed by atoms with Gasteiger partial charge in [-0.25, -0.2) is 9.18 Å². The van der Waals surface area contributed by atoms with Crippen LogP contribution in [0.25, 0.3) is 0 Å². The first kappa shape index (κ1) is 39.9. The second-order valence-electron chi connectivity index (χ2n) is 10.4. The summed E-state index contributed by atoms with van der Waals surface area (Å²) in [5.41, 5.74) is 0.644. The average Bonchev–Trinajstić information content (AvgIpc) is 3.06. The summed E-state index contributed by atoms with van der Waals surface area (Å²) < 4.78 is 31.9. The van der Waals surface area contributed by atoms with Crippen molar-refractivity contribution in [1.29, 1.82) is 0 Å². The summed E-state index contributed by atoms with van der Waals surface area (Å²) in [4.78, 5) is 99.9. The summed E-state index contributed by atoms with van der Waals surface area (Å²) in [6.45, 7) is 1.44. The number of hydrogen-bond donors (Lipinski definition) is 4. The van der Waals surface area contributed by atoms with E-state index in [1.807, 2.05) is 0 Å². The number of benzene rings is 1. The zero-order valence-electron chi connectivity index (χ0n) is 26.8. The SMILES string of the molecule is COC(=O)CC[C@H](NC(=O)[C@H](CC(=O)OC)NC(=O)OCc1ccccc1)C(=O)N[C@@H](C(=O)N[C@H](CC(=O)OC)C(=O)CF)C(C)C. The van der Waals surface area contributed by atoms with Crippen LogP contribution in [-0.4, -0.2) is 99.7 Å². The minimum atomic E-state index is -1.59. The summed E-state index contributed by atoms with van der Waals surface area (Å²) in [5.74, 6) is -7.21. The number of hydrogen-bond acceptors (Lipinski definition) is 12. The van der Waals surface area contributed by atoms with E-state index in [0.29, 0.717) is 5.56 Å². The van der Waals surface area contributed by atoms with E-state index >= 15 is 0 Å². The number of Topliss-reactive ketones (excluding diaryl/α,β-unsaturated/α-hetero) is 1. The van der Waals surface area contributed by atoms with Gasteiger partial charge in [0.25, 0.3) is 0 Å². The number of nitrogens with one attached hydrogen (secondary N) is 4. The number of ketones is 1. The second kappa shape index (κ2) is 20.8. The lowest BCUT2D eigenvalue weighted by atomic mass is 10.0. The number of halogens is 1. The van der Waals surface area contributed by atoms with Gasteiger partial charge in [-0.2, -0.15) is 0 Å². The number of amides is 4. The fraction of sp³-hybridized carbons (Fsp3) is 0.533. The van der Waals surface area contributed by atoms with E-state index in [-0.39, 0.29) is 19.4 Å². The van der Waals surface area contributed by atoms with Crippen LogP contribution >= 0.6 is 0 Å². The lowest BCUT2D eigenvalue weighted by molar-refractivity contribution is -0.144. The van der Waals surface area contributed by atoms with Crippen molar-refractivity contribution in [3.05, 3.63) is 35.9 Å². The number of esters is 3. The van der Waals surface area contributed by atoms with Crippen LogP contribution in [0.2, 0.25) is 0 Å². The summed E-state index contributed by atoms with van der Waals surface area (Å²) in [7, 11) is 3.21. The van der Waals surface area contributed by atoms with Gasteiger partial charge in [-0.3, -0.25) is 33.6 Å². The summed E-state index contributed by atoms with van der Waals surface area (Å²) in [6, 6.07) is 2.54. The Balaban J connectivity index is 3.17. The van der Waals surface area contributed by atoms with Crippen molar-refractivity contribution in [2.24, 2.45) is 5.92 Å². The molecule has 0 fully saturated rings. The van der Waals surface area contributed by atoms with Crippen molar-refractivity contribution >= 4 is 47.5 Å². The Morgan fingerprint density at radius 3 is 1.74 bits per heavy atom. The van der Waals surface area contributed by atoms with Crippen molar-refractivity contribution in [2.45, 2.75) is 70.3 Å². The zero-order chi connectivity index (χ0) is 35.5. The van der Waals surface area contributed by atoms with Crippen molar-refractivity contribution in [2.75, 3.05) is 28.0 Å². The number of methoxy groups -OCH3 is 3. The molecule has 1 rings (SSSR count). The van der Waals surface area contributed by atoms with Gasteiger partial charge in [0.05, 0.1) is 34.2 Å². The molecule has 4 N–H and O–H groups in total. The van der Waals surface area contributed by atoms with Crippen LogP contribution in [0.3, 0.4) is 0 Å². The Morgan fingerprint density at radius 1 is 0.681 bits per heavy atom. The highest BCUT2D eigenvalue weighted by Gasteiger charge is 2.34. The van der Waals surface area contributed by atoms with Crippen molar-refractivity contribution in [1.82, 2.24) is 21.3 Å². The molecule has 16 nitrogen and oxygen atoms in total. The fourth-order valence-electron chi connectivity index (χ4n) is 3.91. The zero-order valence-corrected chi connectivity index (χ0v) is 26.8. The highest BCUT2D eigenvalue weighted by atomic mass is 19.1. The third-order valence-corrected chi connectivity index (χ3v) is 6.60. The standard InChI is InChI=1S/C30H41FN4O12/c1-17(2)26(29(42)33-20(22(36)15-31)13-24(38)45-4)35-27(40)19(11-12-23(37)44-3)32-28(41)21(14-25(39)46-5)34-30(43)47-16-18-9-7-6-8-10-18/h6-10,17,19-21,26H,11-16H2,1-5H3,(H,32,41)(H,33,42)(H,34,43)(H,35,40)/t19-,20+,21-,26+/m0/s1. The molecule has 0 spiro atoms. The Hall–Kier alpha value is -5.09. The molecular formula is C30H41FN4O12. The Bertz CT molecular complexity index is 1260. The van der Waals surface area contributed by atoms with Crippen LogP contribution in [-0.2, 0) is 59.1 Å². The van der Waals surface area contributed by atoms with Gasteiger partial charge in [-0.1, -0.05) is 44.2 Å². The molecule has 4 amide bonds. The molecule has 1 aromatic rings. The van der Waals surface area contributed by atoms with Crippen molar-refractivity contribution < 1.29 is 61.7 Å². The Morgan fingerprint density at radius 2 is 1.21 bits per heavy atom. The van der Waals surface area contributed by atoms with Crippen LogP contribution in [0, 0.1) is 5.92 Å². The molecule has 17 heteroatoms. The maximum absolute atomic E-state index is 13.4. The molecule has 0 aliphatic carbocycles. The molecule has 0 radical (unpaired) electrons. The van der Waals surface area contributed by atoms with Gasteiger partial charge in [0.2, 0.25) is 17.7 Å². The third-order valence-electron chi connectivity index (χ3n) is 6.60. The second-order valence-corrected chi connectivity index (χ2v) is 10.4. The van der Waals surface area contributed by atoms with Crippen LogP contribution in [0.5, 0.6) is 0 Å². The number of rotatable bonds is 19. The van der Waals surface area contributed by atoms with Gasteiger partial charge in [0, 0.05) is 6.42 Å². The Labute approximate surface area is 270 Å². The largest absolute Gasteiger partial charge is 0.469 e. The van der Waals surface area contributed by atoms with Gasteiger partial charge in [-0.05, 0) is 17.9 Å². The quantitative estimate of drug-likeness (QED) is 0.113. The smallest absolute Gasteiger partial charge is 0.408 e. The summed E-state index contributed by atoms with van der Waals surface area (Å²) in [6.07, 6.45) is -3.09. The first-order chi connectivity index (χ1) is 22.3. The van der Waals surface area contributed by atoms with Crippen LogP contribution < -0.4 is 21.3 Å². The van der Waals surface area contributed by atoms with E-state index in [4.69, 9.17) is 4.74 Å². The molecule has 0 saturated heterocycles. The van der Waals surface area contributed by atoms with Gasteiger partial charge < -0.3 is 40.2 Å². The van der Waals surface area contributed by atoms with Crippen LogP contribution in [0.1, 0.15) is 45.1 Å². The maximum atomic E-state index is 13.4. The van der Waals surface area contributed by atoms with E-state index in [2.05, 4.69) is 35.5 Å². The molecule has 47 heavy (non-hydrogen) atoms. The van der Waals surface area contributed by atoms with E-state index < -0.39 is 97.1 Å². The van der Waals surface area contributed by atoms with E-state index in [1.165, 1.54) is 13.8 Å². The highest BCUT2D eigenvalue weighted by Crippen LogP contribution is 2.09. The molecule has 0 unspecified atom stereocenters. The maximum Gasteiger partial charge on any atom is 0.408 e. The number of alkyl halides is 1. The first-order valence-corrected chi connectivity index (χ1v) is 14.4. The molecule has 0 aromatic heterocycles. The predicted molar refractivity (Wildman–Crippen MR) is 160 cm³/mol.